The normalized spacial score (nSPS) is 14.3. The van der Waals surface area contributed by atoms with Gasteiger partial charge in [0.15, 0.2) is 0 Å². The van der Waals surface area contributed by atoms with E-state index in [9.17, 15) is 9.59 Å². The van der Waals surface area contributed by atoms with Gasteiger partial charge in [0.2, 0.25) is 0 Å². The van der Waals surface area contributed by atoms with Crippen LogP contribution in [0.5, 0.6) is 5.75 Å². The van der Waals surface area contributed by atoms with Crippen LogP contribution in [0, 0.1) is 10.8 Å². The van der Waals surface area contributed by atoms with Crippen molar-refractivity contribution in [2.75, 3.05) is 18.0 Å². The molecule has 6 N–H and O–H groups in total. The van der Waals surface area contributed by atoms with Crippen molar-refractivity contribution >= 4 is 64.8 Å². The number of nitrogens with two attached hydrogens (primary N) is 2. The van der Waals surface area contributed by atoms with Crippen LogP contribution in [0.3, 0.4) is 0 Å². The molecule has 0 aliphatic carbocycles. The van der Waals surface area contributed by atoms with E-state index >= 15 is 0 Å². The molecule has 1 aliphatic rings. The van der Waals surface area contributed by atoms with E-state index in [1.54, 1.807) is 37.3 Å². The Balaban J connectivity index is 0.00000241. The number of halogens is 2. The molecule has 0 aromatic heterocycles. The third kappa shape index (κ3) is 6.90. The Bertz CT molecular complexity index is 1320. The molecule has 3 aromatic rings. The lowest BCUT2D eigenvalue weighted by atomic mass is 10.0. The van der Waals surface area contributed by atoms with E-state index in [-0.39, 0.29) is 43.3 Å². The quantitative estimate of drug-likeness (QED) is 0.213. The highest BCUT2D eigenvalue weighted by Gasteiger charge is 2.25. The van der Waals surface area contributed by atoms with Gasteiger partial charge in [-0.1, -0.05) is 24.3 Å². The van der Waals surface area contributed by atoms with Crippen LogP contribution in [0.25, 0.3) is 10.8 Å². The zero-order valence-electron chi connectivity index (χ0n) is 20.3. The number of nitrogens with zero attached hydrogens (tertiary/aromatic N) is 2. The largest absolute Gasteiger partial charge is 0.489 e. The Labute approximate surface area is 227 Å². The molecule has 3 aromatic carbocycles. The van der Waals surface area contributed by atoms with Crippen molar-refractivity contribution in [2.24, 2.45) is 11.5 Å². The van der Waals surface area contributed by atoms with Crippen LogP contribution < -0.4 is 21.1 Å². The monoisotopic (exact) mass is 544 g/mol. The molecule has 1 unspecified atom stereocenters. The smallest absolute Gasteiger partial charge is 0.316 e. The van der Waals surface area contributed by atoms with Gasteiger partial charge in [-0.05, 0) is 59.7 Å². The van der Waals surface area contributed by atoms with Crippen LogP contribution in [0.15, 0.2) is 60.7 Å². The maximum Gasteiger partial charge on any atom is 0.316 e. The Kier molecular flexibility index (Phi) is 9.88. The van der Waals surface area contributed by atoms with Crippen molar-refractivity contribution in [2.45, 2.75) is 26.0 Å². The van der Waals surface area contributed by atoms with Gasteiger partial charge in [0.05, 0.1) is 18.9 Å². The summed E-state index contributed by atoms with van der Waals surface area (Å²) in [5.41, 5.74) is 12.9. The van der Waals surface area contributed by atoms with Crippen LogP contribution >= 0.6 is 24.8 Å². The van der Waals surface area contributed by atoms with Crippen molar-refractivity contribution in [1.29, 1.82) is 10.8 Å². The molecule has 196 valence electrons. The lowest BCUT2D eigenvalue weighted by Gasteiger charge is -2.22. The predicted molar refractivity (Wildman–Crippen MR) is 150 cm³/mol. The van der Waals surface area contributed by atoms with Crippen molar-refractivity contribution in [3.05, 3.63) is 71.8 Å². The second-order valence-corrected chi connectivity index (χ2v) is 8.62. The van der Waals surface area contributed by atoms with Crippen LogP contribution in [0.1, 0.15) is 24.5 Å². The number of primary amides is 1. The van der Waals surface area contributed by atoms with E-state index in [1.807, 2.05) is 35.2 Å². The molecule has 1 atom stereocenters. The second kappa shape index (κ2) is 12.4. The number of likely N-dealkylation sites (tertiary alicyclic amines) is 1. The van der Waals surface area contributed by atoms with Crippen molar-refractivity contribution < 1.29 is 14.3 Å². The standard InChI is InChI=1S/C26H28N6O3.2ClH/c1-16(27)31-11-10-23(15-31)35-22-8-6-21(7-9-22)32(26(34)25(30)33)14-17-2-3-18-4-5-19(24(28)29)13-20(18)12-17;;/h2-9,12-13,23,27H,10-11,14-15H2,1H3,(H3,28,29)(H2,30,33);2*1H. The number of fused-ring (bicyclic) bond motifs is 1. The van der Waals surface area contributed by atoms with Gasteiger partial charge in [0.25, 0.3) is 0 Å². The average Bonchev–Trinajstić information content (AvgIpc) is 3.31. The topological polar surface area (TPSA) is 150 Å². The number of nitrogens with one attached hydrogen (secondary N) is 2. The van der Waals surface area contributed by atoms with E-state index in [4.69, 9.17) is 27.0 Å². The number of carbonyl (C=O) groups is 2. The number of nitrogen functional groups attached to an aromatic ring is 1. The van der Waals surface area contributed by atoms with Crippen LogP contribution in [0.2, 0.25) is 0 Å². The van der Waals surface area contributed by atoms with E-state index in [0.29, 0.717) is 29.4 Å². The van der Waals surface area contributed by atoms with Gasteiger partial charge < -0.3 is 21.1 Å². The van der Waals surface area contributed by atoms with Crippen LogP contribution in [-0.4, -0.2) is 47.6 Å². The molecule has 1 aliphatic heterocycles. The first-order valence-electron chi connectivity index (χ1n) is 11.3. The Hall–Kier alpha value is -3.82. The number of amides is 2. The number of amidine groups is 2. The van der Waals surface area contributed by atoms with Gasteiger partial charge in [0, 0.05) is 24.2 Å². The molecule has 0 bridgehead atoms. The minimum atomic E-state index is -1.04. The van der Waals surface area contributed by atoms with Gasteiger partial charge in [-0.3, -0.25) is 25.3 Å². The zero-order valence-corrected chi connectivity index (χ0v) is 21.9. The molecule has 0 spiro atoms. The van der Waals surface area contributed by atoms with Crippen LogP contribution in [-0.2, 0) is 16.1 Å². The van der Waals surface area contributed by atoms with Gasteiger partial charge in [0.1, 0.15) is 17.7 Å². The maximum atomic E-state index is 12.7. The highest BCUT2D eigenvalue weighted by atomic mass is 35.5. The summed E-state index contributed by atoms with van der Waals surface area (Å²) in [6.07, 6.45) is 0.819. The lowest BCUT2D eigenvalue weighted by Crippen LogP contribution is -2.40. The second-order valence-electron chi connectivity index (χ2n) is 8.62. The molecule has 37 heavy (non-hydrogen) atoms. The molecule has 9 nitrogen and oxygen atoms in total. The number of anilines is 1. The van der Waals surface area contributed by atoms with Crippen LogP contribution in [0.4, 0.5) is 5.69 Å². The van der Waals surface area contributed by atoms with E-state index in [0.717, 1.165) is 29.3 Å². The molecular weight excluding hydrogens is 515 g/mol. The summed E-state index contributed by atoms with van der Waals surface area (Å²) in [5.74, 6) is -0.707. The minimum Gasteiger partial charge on any atom is -0.489 e. The van der Waals surface area contributed by atoms with E-state index in [2.05, 4.69) is 0 Å². The first-order valence-corrected chi connectivity index (χ1v) is 11.3. The van der Waals surface area contributed by atoms with Gasteiger partial charge in [-0.2, -0.15) is 0 Å². The van der Waals surface area contributed by atoms with Gasteiger partial charge >= 0.3 is 11.8 Å². The third-order valence-corrected chi connectivity index (χ3v) is 6.08. The number of rotatable bonds is 6. The Morgan fingerprint density at radius 1 is 1.00 bits per heavy atom. The molecule has 0 saturated carbocycles. The highest BCUT2D eigenvalue weighted by Crippen LogP contribution is 2.25. The lowest BCUT2D eigenvalue weighted by molar-refractivity contribution is -0.135. The fourth-order valence-electron chi connectivity index (χ4n) is 4.18. The summed E-state index contributed by atoms with van der Waals surface area (Å²) in [5, 5.41) is 17.3. The van der Waals surface area contributed by atoms with Gasteiger partial charge in [-0.15, -0.1) is 24.8 Å². The van der Waals surface area contributed by atoms with Crippen molar-refractivity contribution in [3.63, 3.8) is 0 Å². The van der Waals surface area contributed by atoms with Gasteiger partial charge in [-0.25, -0.2) is 0 Å². The SMILES string of the molecule is CC(=N)N1CCC(Oc2ccc(N(Cc3ccc4ccc(C(=N)N)cc4c3)C(=O)C(N)=O)cc2)C1.Cl.Cl. The maximum absolute atomic E-state index is 12.7. The summed E-state index contributed by atoms with van der Waals surface area (Å²) in [6, 6.07) is 18.1. The molecule has 1 heterocycles. The molecule has 2 amide bonds. The number of benzene rings is 3. The number of carbonyl (C=O) groups excluding carboxylic acids is 2. The predicted octanol–water partition coefficient (Wildman–Crippen LogP) is 3.44. The molecule has 0 radical (unpaired) electrons. The summed E-state index contributed by atoms with van der Waals surface area (Å²) in [6.45, 7) is 3.35. The third-order valence-electron chi connectivity index (χ3n) is 6.08. The fourth-order valence-corrected chi connectivity index (χ4v) is 4.18. The fraction of sp³-hybridized carbons (Fsp3) is 0.231. The number of hydrogen-bond donors (Lipinski definition) is 4. The molecule has 1 fully saturated rings. The zero-order chi connectivity index (χ0) is 25.1. The molecule has 4 rings (SSSR count). The van der Waals surface area contributed by atoms with E-state index < -0.39 is 11.8 Å². The number of hydrogen-bond acceptors (Lipinski definition) is 5. The summed E-state index contributed by atoms with van der Waals surface area (Å²) >= 11 is 0. The first kappa shape index (κ1) is 29.4. The Morgan fingerprint density at radius 2 is 1.68 bits per heavy atom. The molecule has 11 heteroatoms. The minimum absolute atomic E-state index is 0. The number of ether oxygens (including phenoxy) is 1. The Morgan fingerprint density at radius 3 is 2.27 bits per heavy atom. The summed E-state index contributed by atoms with van der Waals surface area (Å²) in [4.78, 5) is 27.7. The van der Waals surface area contributed by atoms with Crippen molar-refractivity contribution in [3.8, 4) is 5.75 Å². The summed E-state index contributed by atoms with van der Waals surface area (Å²) in [7, 11) is 0. The summed E-state index contributed by atoms with van der Waals surface area (Å²) < 4.78 is 6.03. The highest BCUT2D eigenvalue weighted by molar-refractivity contribution is 6.39. The average molecular weight is 545 g/mol. The molecular formula is C26H30Cl2N6O3. The van der Waals surface area contributed by atoms with E-state index in [1.165, 1.54) is 4.90 Å². The first-order chi connectivity index (χ1) is 16.7. The molecule has 1 saturated heterocycles. The van der Waals surface area contributed by atoms with Crippen molar-refractivity contribution in [1.82, 2.24) is 4.90 Å².